The van der Waals surface area contributed by atoms with E-state index in [0.717, 1.165) is 5.56 Å². The number of aryl methyl sites for hydroxylation is 1. The summed E-state index contributed by atoms with van der Waals surface area (Å²) in [6.45, 7) is 1.87. The van der Waals surface area contributed by atoms with Crippen LogP contribution < -0.4 is 10.6 Å². The zero-order valence-electron chi connectivity index (χ0n) is 11.1. The third-order valence-corrected chi connectivity index (χ3v) is 3.89. The number of anilines is 2. The average Bonchev–Trinajstić information content (AvgIpc) is 2.83. The van der Waals surface area contributed by atoms with Crippen LogP contribution in [0, 0.1) is 6.92 Å². The van der Waals surface area contributed by atoms with Gasteiger partial charge in [-0.15, -0.1) is 0 Å². The summed E-state index contributed by atoms with van der Waals surface area (Å²) in [5.74, 6) is -1.22. The van der Waals surface area contributed by atoms with Crippen LogP contribution >= 0.6 is 11.3 Å². The molecule has 0 bridgehead atoms. The summed E-state index contributed by atoms with van der Waals surface area (Å²) in [4.78, 5) is 24.7. The largest absolute Gasteiger partial charge is 0.478 e. The highest BCUT2D eigenvalue weighted by Crippen LogP contribution is 2.26. The third-order valence-electron chi connectivity index (χ3n) is 3.03. The van der Waals surface area contributed by atoms with Crippen LogP contribution in [0.5, 0.6) is 0 Å². The van der Waals surface area contributed by atoms with E-state index in [-0.39, 0.29) is 17.2 Å². The summed E-state index contributed by atoms with van der Waals surface area (Å²) in [5, 5.41) is 12.6. The molecule has 6 heteroatoms. The molecule has 3 N–H and O–H groups in total. The van der Waals surface area contributed by atoms with Gasteiger partial charge in [0.25, 0.3) is 5.91 Å². The predicted molar refractivity (Wildman–Crippen MR) is 79.6 cm³/mol. The maximum absolute atomic E-state index is 12.4. The van der Waals surface area contributed by atoms with Crippen molar-refractivity contribution in [3.05, 3.63) is 45.6 Å². The summed E-state index contributed by atoms with van der Waals surface area (Å²) in [7, 11) is 1.62. The Morgan fingerprint density at radius 1 is 1.30 bits per heavy atom. The Bertz CT molecular complexity index is 679. The molecule has 0 saturated heterocycles. The summed E-state index contributed by atoms with van der Waals surface area (Å²) < 4.78 is 0. The fourth-order valence-electron chi connectivity index (χ4n) is 1.86. The molecule has 1 amide bonds. The number of rotatable bonds is 3. The molecule has 1 aromatic heterocycles. The number of benzene rings is 1. The number of amides is 1. The fourth-order valence-corrected chi connectivity index (χ4v) is 2.68. The van der Waals surface area contributed by atoms with Crippen LogP contribution in [0.3, 0.4) is 0 Å². The second-order valence-corrected chi connectivity index (χ2v) is 5.15. The highest BCUT2D eigenvalue weighted by molar-refractivity contribution is 7.08. The lowest BCUT2D eigenvalue weighted by Gasteiger charge is -2.19. The van der Waals surface area contributed by atoms with Crippen LogP contribution in [0.15, 0.2) is 29.0 Å². The SMILES string of the molecule is Cc1cscc1C(=O)N(C)c1ccc(C(=O)O)cc1N. The van der Waals surface area contributed by atoms with E-state index in [9.17, 15) is 9.59 Å². The summed E-state index contributed by atoms with van der Waals surface area (Å²) >= 11 is 1.46. The first-order valence-electron chi connectivity index (χ1n) is 5.85. The zero-order valence-corrected chi connectivity index (χ0v) is 11.9. The molecule has 5 nitrogen and oxygen atoms in total. The molecule has 2 rings (SSSR count). The quantitative estimate of drug-likeness (QED) is 0.851. The maximum Gasteiger partial charge on any atom is 0.335 e. The predicted octanol–water partition coefficient (Wildman–Crippen LogP) is 2.61. The van der Waals surface area contributed by atoms with Gasteiger partial charge in [-0.05, 0) is 36.1 Å². The van der Waals surface area contributed by atoms with Gasteiger partial charge in [0.1, 0.15) is 0 Å². The van der Waals surface area contributed by atoms with E-state index < -0.39 is 5.97 Å². The van der Waals surface area contributed by atoms with Crippen molar-refractivity contribution in [2.45, 2.75) is 6.92 Å². The second-order valence-electron chi connectivity index (χ2n) is 4.41. The van der Waals surface area contributed by atoms with Crippen LogP contribution in [-0.2, 0) is 0 Å². The molecule has 20 heavy (non-hydrogen) atoms. The third kappa shape index (κ3) is 2.50. The lowest BCUT2D eigenvalue weighted by Crippen LogP contribution is -2.27. The molecule has 0 unspecified atom stereocenters. The Morgan fingerprint density at radius 2 is 2.00 bits per heavy atom. The standard InChI is InChI=1S/C14H14N2O3S/c1-8-6-20-7-10(8)13(17)16(2)12-4-3-9(14(18)19)5-11(12)15/h3-7H,15H2,1-2H3,(H,18,19). The first kappa shape index (κ1) is 14.1. The van der Waals surface area contributed by atoms with Crippen LogP contribution in [0.2, 0.25) is 0 Å². The van der Waals surface area contributed by atoms with E-state index in [2.05, 4.69) is 0 Å². The van der Waals surface area contributed by atoms with Crippen molar-refractivity contribution >= 4 is 34.6 Å². The van der Waals surface area contributed by atoms with Gasteiger partial charge in [0.2, 0.25) is 0 Å². The number of carbonyl (C=O) groups is 2. The van der Waals surface area contributed by atoms with Gasteiger partial charge >= 0.3 is 5.97 Å². The zero-order chi connectivity index (χ0) is 14.9. The Morgan fingerprint density at radius 3 is 2.50 bits per heavy atom. The Balaban J connectivity index is 2.34. The van der Waals surface area contributed by atoms with Crippen molar-refractivity contribution in [3.63, 3.8) is 0 Å². The van der Waals surface area contributed by atoms with Crippen LogP contribution in [0.4, 0.5) is 11.4 Å². The van der Waals surface area contributed by atoms with Gasteiger partial charge in [0.05, 0.1) is 22.5 Å². The first-order valence-corrected chi connectivity index (χ1v) is 6.79. The Labute approximate surface area is 120 Å². The molecule has 0 aliphatic heterocycles. The van der Waals surface area contributed by atoms with Crippen molar-refractivity contribution in [2.24, 2.45) is 0 Å². The van der Waals surface area contributed by atoms with E-state index in [4.69, 9.17) is 10.8 Å². The highest BCUT2D eigenvalue weighted by Gasteiger charge is 2.18. The molecular formula is C14H14N2O3S. The summed E-state index contributed by atoms with van der Waals surface area (Å²) in [5.41, 5.74) is 8.21. The smallest absolute Gasteiger partial charge is 0.335 e. The number of thiophene rings is 1. The molecule has 2 aromatic rings. The first-order chi connectivity index (χ1) is 9.41. The van der Waals surface area contributed by atoms with E-state index in [0.29, 0.717) is 11.3 Å². The highest BCUT2D eigenvalue weighted by atomic mass is 32.1. The molecule has 1 heterocycles. The van der Waals surface area contributed by atoms with Gasteiger partial charge < -0.3 is 15.7 Å². The molecular weight excluding hydrogens is 276 g/mol. The molecule has 0 aliphatic carbocycles. The molecule has 0 saturated carbocycles. The van der Waals surface area contributed by atoms with Gasteiger partial charge in [-0.3, -0.25) is 4.79 Å². The normalized spacial score (nSPS) is 10.3. The van der Waals surface area contributed by atoms with Crippen molar-refractivity contribution in [2.75, 3.05) is 17.7 Å². The van der Waals surface area contributed by atoms with Gasteiger partial charge in [-0.25, -0.2) is 4.79 Å². The Kier molecular flexibility index (Phi) is 3.76. The summed E-state index contributed by atoms with van der Waals surface area (Å²) in [6, 6.07) is 4.32. The number of hydrogen-bond donors (Lipinski definition) is 2. The number of nitrogens with zero attached hydrogens (tertiary/aromatic N) is 1. The number of aromatic carboxylic acids is 1. The number of hydrogen-bond acceptors (Lipinski definition) is 4. The lowest BCUT2D eigenvalue weighted by molar-refractivity contribution is 0.0697. The number of carbonyl (C=O) groups excluding carboxylic acids is 1. The second kappa shape index (κ2) is 5.34. The number of carboxylic acid groups (broad SMARTS) is 1. The van der Waals surface area contributed by atoms with E-state index in [1.54, 1.807) is 18.5 Å². The molecule has 0 atom stereocenters. The monoisotopic (exact) mass is 290 g/mol. The minimum absolute atomic E-state index is 0.0961. The van der Waals surface area contributed by atoms with Crippen LogP contribution in [-0.4, -0.2) is 24.0 Å². The Hall–Kier alpha value is -2.34. The van der Waals surface area contributed by atoms with Crippen molar-refractivity contribution in [1.29, 1.82) is 0 Å². The van der Waals surface area contributed by atoms with E-state index in [1.165, 1.54) is 28.4 Å². The molecule has 0 spiro atoms. The van der Waals surface area contributed by atoms with Gasteiger partial charge in [0.15, 0.2) is 0 Å². The molecule has 1 aromatic carbocycles. The fraction of sp³-hybridized carbons (Fsp3) is 0.143. The average molecular weight is 290 g/mol. The summed E-state index contributed by atoms with van der Waals surface area (Å²) in [6.07, 6.45) is 0. The maximum atomic E-state index is 12.4. The van der Waals surface area contributed by atoms with Crippen molar-refractivity contribution < 1.29 is 14.7 Å². The van der Waals surface area contributed by atoms with Crippen molar-refractivity contribution in [3.8, 4) is 0 Å². The van der Waals surface area contributed by atoms with E-state index >= 15 is 0 Å². The molecule has 0 aliphatic rings. The molecule has 0 radical (unpaired) electrons. The minimum Gasteiger partial charge on any atom is -0.478 e. The van der Waals surface area contributed by atoms with Gasteiger partial charge in [0, 0.05) is 12.4 Å². The molecule has 0 fully saturated rings. The number of nitrogens with two attached hydrogens (primary N) is 1. The number of carboxylic acids is 1. The number of nitrogen functional groups attached to an aromatic ring is 1. The lowest BCUT2D eigenvalue weighted by atomic mass is 10.1. The van der Waals surface area contributed by atoms with Crippen molar-refractivity contribution in [1.82, 2.24) is 0 Å². The minimum atomic E-state index is -1.05. The van der Waals surface area contributed by atoms with Crippen LogP contribution in [0.25, 0.3) is 0 Å². The van der Waals surface area contributed by atoms with Gasteiger partial charge in [-0.2, -0.15) is 11.3 Å². The van der Waals surface area contributed by atoms with E-state index in [1.807, 2.05) is 12.3 Å². The molecule has 104 valence electrons. The topological polar surface area (TPSA) is 83.6 Å². The van der Waals surface area contributed by atoms with Gasteiger partial charge in [-0.1, -0.05) is 0 Å². The van der Waals surface area contributed by atoms with Crippen LogP contribution in [0.1, 0.15) is 26.3 Å².